The lowest BCUT2D eigenvalue weighted by Crippen LogP contribution is -2.58. The molecule has 0 aliphatic carbocycles. The zero-order chi connectivity index (χ0) is 31.7. The van der Waals surface area contributed by atoms with E-state index in [2.05, 4.69) is 143 Å². The van der Waals surface area contributed by atoms with Crippen LogP contribution in [0, 0.1) is 13.8 Å². The van der Waals surface area contributed by atoms with Gasteiger partial charge in [0.2, 0.25) is 0 Å². The number of hydrogen-bond acceptors (Lipinski definition) is 2. The molecule has 6 heteroatoms. The summed E-state index contributed by atoms with van der Waals surface area (Å²) in [5, 5.41) is 8.19. The Kier molecular flexibility index (Phi) is 4.81. The van der Waals surface area contributed by atoms with Gasteiger partial charge in [0, 0.05) is 8.95 Å². The molecule has 0 aromatic heterocycles. The summed E-state index contributed by atoms with van der Waals surface area (Å²) in [6.07, 6.45) is 0. The van der Waals surface area contributed by atoms with Gasteiger partial charge in [0.05, 0.1) is 0 Å². The second-order valence-corrected chi connectivity index (χ2v) is 15.7. The molecule has 0 atom stereocenters. The number of para-hydroxylation sites is 2. The van der Waals surface area contributed by atoms with Crippen molar-refractivity contribution >= 4 is 110 Å². The third kappa shape index (κ3) is 3.04. The van der Waals surface area contributed by atoms with Gasteiger partial charge in [0.15, 0.2) is 0 Å². The van der Waals surface area contributed by atoms with Crippen LogP contribution in [0.2, 0.25) is 0 Å². The normalized spacial score (nSPS) is 14.1. The number of benzene rings is 8. The highest BCUT2D eigenvalue weighted by Crippen LogP contribution is 2.48. The Morgan fingerprint density at radius 2 is 0.875 bits per heavy atom. The molecule has 4 aliphatic heterocycles. The third-order valence-corrected chi connectivity index (χ3v) is 12.4. The van der Waals surface area contributed by atoms with Gasteiger partial charge in [-0.25, -0.2) is 0 Å². The van der Waals surface area contributed by atoms with Gasteiger partial charge in [-0.1, -0.05) is 103 Å². The Hall–Kier alpha value is -4.51. The number of ether oxygens (including phenoxy) is 2. The first-order valence-electron chi connectivity index (χ1n) is 16.5. The highest BCUT2D eigenvalue weighted by Gasteiger charge is 2.43. The van der Waals surface area contributed by atoms with Crippen LogP contribution in [0.25, 0.3) is 54.6 Å². The molecule has 0 spiro atoms. The summed E-state index contributed by atoms with van der Waals surface area (Å²) >= 11 is 7.70. The first-order valence-corrected chi connectivity index (χ1v) is 18.0. The van der Waals surface area contributed by atoms with Crippen LogP contribution in [0.5, 0.6) is 23.0 Å². The standard InChI is InChI=1S/C42H22B2Br2O2/c1-19-11-25-27-13-21(45)15-35-41(27)44(30-8-4-6-10-34(30)47-35)32-18-24-20(2)12-26-28-14-22(46)16-36-42(28)43(29-7-3-5-9-33(29)48-36)31-17-23(19)39(37(25)32)40(24)38(26)31/h3-18H,1-2H3. The molecule has 0 amide bonds. The lowest BCUT2D eigenvalue weighted by Gasteiger charge is -2.37. The number of rotatable bonds is 0. The minimum absolute atomic E-state index is 0.0860. The van der Waals surface area contributed by atoms with Crippen LogP contribution in [0.15, 0.2) is 106 Å². The third-order valence-electron chi connectivity index (χ3n) is 11.5. The van der Waals surface area contributed by atoms with Gasteiger partial charge in [-0.2, -0.15) is 0 Å². The maximum absolute atomic E-state index is 6.62. The first kappa shape index (κ1) is 26.4. The van der Waals surface area contributed by atoms with E-state index in [0.717, 1.165) is 31.9 Å². The monoisotopic (exact) mass is 738 g/mol. The number of aryl methyl sites for hydroxylation is 2. The average molecular weight is 740 g/mol. The summed E-state index contributed by atoms with van der Waals surface area (Å²) < 4.78 is 15.3. The average Bonchev–Trinajstić information content (AvgIpc) is 3.08. The van der Waals surface area contributed by atoms with Crippen LogP contribution in [0.4, 0.5) is 0 Å². The molecule has 0 bridgehead atoms. The zero-order valence-electron chi connectivity index (χ0n) is 26.0. The van der Waals surface area contributed by atoms with E-state index in [1.54, 1.807) is 0 Å². The van der Waals surface area contributed by atoms with Crippen molar-refractivity contribution in [3.05, 3.63) is 117 Å². The van der Waals surface area contributed by atoms with E-state index in [1.807, 2.05) is 0 Å². The number of halogens is 2. The smallest absolute Gasteiger partial charge is 0.252 e. The fourth-order valence-electron chi connectivity index (χ4n) is 9.71. The van der Waals surface area contributed by atoms with E-state index in [-0.39, 0.29) is 13.4 Å². The van der Waals surface area contributed by atoms with Gasteiger partial charge in [-0.05, 0) is 138 Å². The number of hydrogen-bond donors (Lipinski definition) is 0. The van der Waals surface area contributed by atoms with Crippen molar-refractivity contribution in [2.75, 3.05) is 0 Å². The molecule has 0 saturated heterocycles. The molecule has 222 valence electrons. The molecular weight excluding hydrogens is 718 g/mol. The van der Waals surface area contributed by atoms with E-state index in [0.29, 0.717) is 0 Å². The summed E-state index contributed by atoms with van der Waals surface area (Å²) in [6, 6.07) is 36.0. The fourth-order valence-corrected chi connectivity index (χ4v) is 10.6. The van der Waals surface area contributed by atoms with Crippen LogP contribution < -0.4 is 42.3 Å². The Morgan fingerprint density at radius 1 is 0.438 bits per heavy atom. The topological polar surface area (TPSA) is 18.5 Å². The summed E-state index contributed by atoms with van der Waals surface area (Å²) in [4.78, 5) is 0. The van der Waals surface area contributed by atoms with Crippen LogP contribution in [-0.2, 0) is 0 Å². The van der Waals surface area contributed by atoms with Gasteiger partial charge < -0.3 is 9.47 Å². The Bertz CT molecular complexity index is 2660. The summed E-state index contributed by atoms with van der Waals surface area (Å²) in [6.45, 7) is 4.76. The molecule has 0 N–H and O–H groups in total. The van der Waals surface area contributed by atoms with E-state index < -0.39 is 0 Å². The minimum atomic E-state index is 0.0860. The van der Waals surface area contributed by atoms with Crippen molar-refractivity contribution in [2.45, 2.75) is 13.8 Å². The van der Waals surface area contributed by atoms with E-state index in [1.165, 1.54) is 98.5 Å². The molecular formula is C42H22B2Br2O2. The zero-order valence-corrected chi connectivity index (χ0v) is 29.1. The van der Waals surface area contributed by atoms with Crippen molar-refractivity contribution in [1.82, 2.24) is 0 Å². The lowest BCUT2D eigenvalue weighted by molar-refractivity contribution is 0.487. The maximum atomic E-state index is 6.62. The molecule has 0 radical (unpaired) electrons. The quantitative estimate of drug-likeness (QED) is 0.116. The molecule has 0 saturated carbocycles. The summed E-state index contributed by atoms with van der Waals surface area (Å²) in [5.41, 5.74) is 15.4. The molecule has 2 nitrogen and oxygen atoms in total. The predicted molar refractivity (Wildman–Crippen MR) is 208 cm³/mol. The van der Waals surface area contributed by atoms with E-state index in [9.17, 15) is 0 Å². The van der Waals surface area contributed by atoms with Crippen molar-refractivity contribution in [3.63, 3.8) is 0 Å². The largest absolute Gasteiger partial charge is 0.458 e. The Morgan fingerprint density at radius 3 is 1.33 bits per heavy atom. The molecule has 48 heavy (non-hydrogen) atoms. The molecule has 0 fully saturated rings. The molecule has 4 aliphatic rings. The molecule has 8 aromatic rings. The van der Waals surface area contributed by atoms with Crippen LogP contribution in [0.3, 0.4) is 0 Å². The van der Waals surface area contributed by atoms with Gasteiger partial charge in [0.1, 0.15) is 23.0 Å². The van der Waals surface area contributed by atoms with Crippen molar-refractivity contribution in [1.29, 1.82) is 0 Å². The first-order chi connectivity index (χ1) is 23.4. The number of fused-ring (bicyclic) bond motifs is 8. The molecule has 4 heterocycles. The summed E-state index contributed by atoms with van der Waals surface area (Å²) in [7, 11) is 0. The second-order valence-electron chi connectivity index (χ2n) is 13.9. The Balaban J connectivity index is 1.31. The highest BCUT2D eigenvalue weighted by atomic mass is 79.9. The lowest BCUT2D eigenvalue weighted by atomic mass is 9.32. The van der Waals surface area contributed by atoms with Gasteiger partial charge >= 0.3 is 0 Å². The second kappa shape index (κ2) is 8.74. The summed E-state index contributed by atoms with van der Waals surface area (Å²) in [5.74, 6) is 3.76. The molecule has 8 aromatic carbocycles. The van der Waals surface area contributed by atoms with Crippen molar-refractivity contribution in [3.8, 4) is 45.3 Å². The van der Waals surface area contributed by atoms with Gasteiger partial charge in [0.25, 0.3) is 13.4 Å². The predicted octanol–water partition coefficient (Wildman–Crippen LogP) is 7.93. The van der Waals surface area contributed by atoms with Crippen LogP contribution in [-0.4, -0.2) is 13.4 Å². The van der Waals surface area contributed by atoms with Crippen LogP contribution >= 0.6 is 31.9 Å². The minimum Gasteiger partial charge on any atom is -0.458 e. The van der Waals surface area contributed by atoms with Gasteiger partial charge in [-0.3, -0.25) is 0 Å². The molecule has 12 rings (SSSR count). The maximum Gasteiger partial charge on any atom is 0.252 e. The van der Waals surface area contributed by atoms with Gasteiger partial charge in [-0.15, -0.1) is 0 Å². The van der Waals surface area contributed by atoms with Crippen molar-refractivity contribution in [2.24, 2.45) is 0 Å². The van der Waals surface area contributed by atoms with E-state index in [4.69, 9.17) is 9.47 Å². The van der Waals surface area contributed by atoms with Crippen molar-refractivity contribution < 1.29 is 9.47 Å². The SMILES string of the molecule is Cc1cc2c3c(cc4c(C)cc5c6c(cc1c3c46)B1c3ccccc3Oc3cc(Br)cc-5c31)B1c3ccccc3Oc3cc(Br)cc-2c31. The van der Waals surface area contributed by atoms with E-state index >= 15 is 0 Å². The fraction of sp³-hybridized carbons (Fsp3) is 0.0476. The van der Waals surface area contributed by atoms with Crippen LogP contribution in [0.1, 0.15) is 11.1 Å². The molecule has 0 unspecified atom stereocenters. The Labute approximate surface area is 294 Å². The highest BCUT2D eigenvalue weighted by molar-refractivity contribution is 9.10.